The van der Waals surface area contributed by atoms with Crippen LogP contribution in [0.3, 0.4) is 0 Å². The molecule has 0 spiro atoms. The summed E-state index contributed by atoms with van der Waals surface area (Å²) < 4.78 is 11.2. The Hall–Kier alpha value is -4.17. The van der Waals surface area contributed by atoms with Crippen molar-refractivity contribution < 1.29 is 18.7 Å². The predicted molar refractivity (Wildman–Crippen MR) is 119 cm³/mol. The number of rotatable bonds is 6. The standard InChI is InChI=1S/C23H17ClN4O4/c24-15-9-14-10-17(13-28-22(29)19(12-25)21-26-7-4-8-27-21)31-20(14)18(11-15)23(30)32-16-5-2-1-3-6-16/h1-12H,13,25H2,(H,28,29)/b19-12+. The van der Waals surface area contributed by atoms with Gasteiger partial charge >= 0.3 is 5.97 Å². The van der Waals surface area contributed by atoms with Crippen molar-refractivity contribution in [2.45, 2.75) is 6.54 Å². The summed E-state index contributed by atoms with van der Waals surface area (Å²) >= 11 is 6.18. The van der Waals surface area contributed by atoms with Crippen molar-refractivity contribution in [2.75, 3.05) is 0 Å². The number of carbonyl (C=O) groups excluding carboxylic acids is 2. The first-order chi connectivity index (χ1) is 15.5. The molecule has 0 saturated carbocycles. The van der Waals surface area contributed by atoms with E-state index in [0.29, 0.717) is 27.5 Å². The van der Waals surface area contributed by atoms with E-state index in [-0.39, 0.29) is 23.5 Å². The van der Waals surface area contributed by atoms with Gasteiger partial charge in [0, 0.05) is 29.0 Å². The zero-order chi connectivity index (χ0) is 22.5. The van der Waals surface area contributed by atoms with Gasteiger partial charge in [-0.15, -0.1) is 0 Å². The van der Waals surface area contributed by atoms with Crippen molar-refractivity contribution in [3.05, 3.63) is 95.4 Å². The highest BCUT2D eigenvalue weighted by molar-refractivity contribution is 6.32. The molecule has 0 fully saturated rings. The van der Waals surface area contributed by atoms with Crippen LogP contribution in [-0.2, 0) is 11.3 Å². The van der Waals surface area contributed by atoms with Gasteiger partial charge < -0.3 is 20.2 Å². The normalized spacial score (nSPS) is 11.3. The Kier molecular flexibility index (Phi) is 6.14. The van der Waals surface area contributed by atoms with E-state index in [0.717, 1.165) is 6.20 Å². The molecular weight excluding hydrogens is 432 g/mol. The van der Waals surface area contributed by atoms with Crippen LogP contribution < -0.4 is 15.8 Å². The number of para-hydroxylation sites is 1. The van der Waals surface area contributed by atoms with Crippen LogP contribution in [0.1, 0.15) is 21.9 Å². The molecule has 4 aromatic rings. The van der Waals surface area contributed by atoms with Gasteiger partial charge in [-0.05, 0) is 36.4 Å². The van der Waals surface area contributed by atoms with Gasteiger partial charge in [0.15, 0.2) is 5.82 Å². The number of carbonyl (C=O) groups is 2. The number of hydrogen-bond acceptors (Lipinski definition) is 7. The van der Waals surface area contributed by atoms with Gasteiger partial charge in [0.05, 0.1) is 12.1 Å². The molecule has 0 aliphatic heterocycles. The summed E-state index contributed by atoms with van der Waals surface area (Å²) in [6.45, 7) is 0.0441. The number of nitrogens with zero attached hydrogens (tertiary/aromatic N) is 2. The first kappa shape index (κ1) is 21.1. The van der Waals surface area contributed by atoms with Crippen LogP contribution in [0.25, 0.3) is 16.5 Å². The Morgan fingerprint density at radius 2 is 1.84 bits per heavy atom. The quantitative estimate of drug-likeness (QED) is 0.262. The van der Waals surface area contributed by atoms with Crippen LogP contribution in [0.5, 0.6) is 5.75 Å². The number of esters is 1. The topological polar surface area (TPSA) is 120 Å². The summed E-state index contributed by atoms with van der Waals surface area (Å²) in [7, 11) is 0. The van der Waals surface area contributed by atoms with E-state index < -0.39 is 11.9 Å². The van der Waals surface area contributed by atoms with E-state index in [9.17, 15) is 9.59 Å². The maximum Gasteiger partial charge on any atom is 0.347 e. The van der Waals surface area contributed by atoms with Gasteiger partial charge in [-0.3, -0.25) is 4.79 Å². The molecule has 3 N–H and O–H groups in total. The number of nitrogens with one attached hydrogen (secondary N) is 1. The molecule has 9 heteroatoms. The molecule has 4 rings (SSSR count). The lowest BCUT2D eigenvalue weighted by atomic mass is 10.1. The monoisotopic (exact) mass is 448 g/mol. The van der Waals surface area contributed by atoms with Crippen molar-refractivity contribution in [1.29, 1.82) is 0 Å². The van der Waals surface area contributed by atoms with Crippen molar-refractivity contribution in [1.82, 2.24) is 15.3 Å². The maximum absolute atomic E-state index is 12.7. The molecule has 0 aliphatic rings. The fraction of sp³-hybridized carbons (Fsp3) is 0.0435. The van der Waals surface area contributed by atoms with E-state index >= 15 is 0 Å². The smallest absolute Gasteiger partial charge is 0.347 e. The van der Waals surface area contributed by atoms with Crippen molar-refractivity contribution in [3.63, 3.8) is 0 Å². The van der Waals surface area contributed by atoms with E-state index in [4.69, 9.17) is 26.5 Å². The van der Waals surface area contributed by atoms with Gasteiger partial charge in [0.1, 0.15) is 22.7 Å². The fourth-order valence-electron chi connectivity index (χ4n) is 3.01. The van der Waals surface area contributed by atoms with Crippen molar-refractivity contribution >= 4 is 40.0 Å². The minimum absolute atomic E-state index is 0.0441. The SMILES string of the molecule is N/C=C(/C(=O)NCc1cc2cc(Cl)cc(C(=O)Oc3ccccc3)c2o1)c1ncccn1. The number of ether oxygens (including phenoxy) is 1. The fourth-order valence-corrected chi connectivity index (χ4v) is 3.24. The molecule has 0 aliphatic carbocycles. The number of furan rings is 1. The van der Waals surface area contributed by atoms with Crippen LogP contribution in [0.15, 0.2) is 77.6 Å². The lowest BCUT2D eigenvalue weighted by Gasteiger charge is -2.06. The first-order valence-electron chi connectivity index (χ1n) is 9.52. The van der Waals surface area contributed by atoms with E-state index in [1.165, 1.54) is 18.5 Å². The van der Waals surface area contributed by atoms with Gasteiger partial charge in [0.25, 0.3) is 5.91 Å². The van der Waals surface area contributed by atoms with Crippen LogP contribution in [0.2, 0.25) is 5.02 Å². The minimum Gasteiger partial charge on any atom is -0.458 e. The van der Waals surface area contributed by atoms with Crippen LogP contribution in [0.4, 0.5) is 0 Å². The molecule has 160 valence electrons. The number of fused-ring (bicyclic) bond motifs is 1. The predicted octanol–water partition coefficient (Wildman–Crippen LogP) is 3.71. The molecule has 0 saturated heterocycles. The summed E-state index contributed by atoms with van der Waals surface area (Å²) in [4.78, 5) is 33.3. The van der Waals surface area contributed by atoms with Crippen LogP contribution in [-0.4, -0.2) is 21.8 Å². The molecule has 2 aromatic carbocycles. The Morgan fingerprint density at radius 1 is 1.09 bits per heavy atom. The minimum atomic E-state index is -0.608. The lowest BCUT2D eigenvalue weighted by Crippen LogP contribution is -2.25. The molecule has 1 amide bonds. The second-order valence-electron chi connectivity index (χ2n) is 6.62. The Morgan fingerprint density at radius 3 is 2.56 bits per heavy atom. The molecule has 0 bridgehead atoms. The second kappa shape index (κ2) is 9.32. The molecule has 8 nitrogen and oxygen atoms in total. The lowest BCUT2D eigenvalue weighted by molar-refractivity contribution is -0.115. The van der Waals surface area contributed by atoms with Gasteiger partial charge in [-0.2, -0.15) is 0 Å². The van der Waals surface area contributed by atoms with Gasteiger partial charge in [-0.1, -0.05) is 29.8 Å². The number of nitrogens with two attached hydrogens (primary N) is 1. The molecule has 0 atom stereocenters. The molecule has 2 heterocycles. The molecular formula is C23H17ClN4O4. The molecule has 2 aromatic heterocycles. The summed E-state index contributed by atoms with van der Waals surface area (Å²) in [5.41, 5.74) is 6.18. The van der Waals surface area contributed by atoms with E-state index in [2.05, 4.69) is 15.3 Å². The van der Waals surface area contributed by atoms with E-state index in [1.54, 1.807) is 42.5 Å². The number of halogens is 1. The van der Waals surface area contributed by atoms with Crippen LogP contribution >= 0.6 is 11.6 Å². The Balaban J connectivity index is 1.54. The summed E-state index contributed by atoms with van der Waals surface area (Å²) in [5, 5.41) is 3.65. The highest BCUT2D eigenvalue weighted by atomic mass is 35.5. The van der Waals surface area contributed by atoms with Gasteiger partial charge in [0.2, 0.25) is 0 Å². The number of amides is 1. The van der Waals surface area contributed by atoms with Crippen LogP contribution in [0, 0.1) is 0 Å². The second-order valence-corrected chi connectivity index (χ2v) is 7.06. The largest absolute Gasteiger partial charge is 0.458 e. The third-order valence-corrected chi connectivity index (χ3v) is 4.67. The number of hydrogen-bond donors (Lipinski definition) is 2. The number of benzene rings is 2. The molecule has 0 unspecified atom stereocenters. The van der Waals surface area contributed by atoms with E-state index in [1.807, 2.05) is 6.07 Å². The number of aromatic nitrogens is 2. The highest BCUT2D eigenvalue weighted by Gasteiger charge is 2.19. The Labute approximate surface area is 187 Å². The van der Waals surface area contributed by atoms with Gasteiger partial charge in [-0.25, -0.2) is 14.8 Å². The zero-order valence-corrected chi connectivity index (χ0v) is 17.4. The highest BCUT2D eigenvalue weighted by Crippen LogP contribution is 2.28. The maximum atomic E-state index is 12.7. The van der Waals surface area contributed by atoms with Crippen molar-refractivity contribution in [2.24, 2.45) is 5.73 Å². The molecule has 32 heavy (non-hydrogen) atoms. The average Bonchev–Trinajstić information content (AvgIpc) is 3.21. The summed E-state index contributed by atoms with van der Waals surface area (Å²) in [6.07, 6.45) is 4.16. The summed E-state index contributed by atoms with van der Waals surface area (Å²) in [5.74, 6) is -0.0671. The zero-order valence-electron chi connectivity index (χ0n) is 16.6. The third kappa shape index (κ3) is 4.60. The van der Waals surface area contributed by atoms with Crippen molar-refractivity contribution in [3.8, 4) is 5.75 Å². The first-order valence-corrected chi connectivity index (χ1v) is 9.89. The Bertz CT molecular complexity index is 1300. The summed E-state index contributed by atoms with van der Waals surface area (Å²) in [6, 6.07) is 15.1. The average molecular weight is 449 g/mol. The molecule has 0 radical (unpaired) electrons. The third-order valence-electron chi connectivity index (χ3n) is 4.45.